The number of nitrogens with one attached hydrogen (secondary N) is 1. The van der Waals surface area contributed by atoms with E-state index in [0.29, 0.717) is 27.8 Å². The van der Waals surface area contributed by atoms with Crippen LogP contribution in [0.4, 0.5) is 10.1 Å². The summed E-state index contributed by atoms with van der Waals surface area (Å²) in [6.07, 6.45) is 0. The van der Waals surface area contributed by atoms with Crippen LogP contribution in [0.15, 0.2) is 66.7 Å². The third-order valence-electron chi connectivity index (χ3n) is 4.62. The maximum atomic E-state index is 13.4. The van der Waals surface area contributed by atoms with Crippen LogP contribution in [0.5, 0.6) is 0 Å². The molecule has 0 saturated heterocycles. The van der Waals surface area contributed by atoms with E-state index < -0.39 is 5.91 Å². The fraction of sp³-hybridized carbons (Fsp3) is 0.0870. The fourth-order valence-electron chi connectivity index (χ4n) is 2.91. The van der Waals surface area contributed by atoms with Crippen LogP contribution in [0, 0.1) is 19.7 Å². The molecule has 0 atom stereocenters. The number of benzene rings is 3. The van der Waals surface area contributed by atoms with Gasteiger partial charge in [-0.05, 0) is 67.9 Å². The van der Waals surface area contributed by atoms with E-state index in [1.54, 1.807) is 18.2 Å². The highest BCUT2D eigenvalue weighted by molar-refractivity contribution is 6.31. The van der Waals surface area contributed by atoms with E-state index in [1.165, 1.54) is 16.8 Å². The van der Waals surface area contributed by atoms with E-state index >= 15 is 0 Å². The number of aromatic nitrogens is 3. The summed E-state index contributed by atoms with van der Waals surface area (Å²) in [5, 5.41) is 7.77. The van der Waals surface area contributed by atoms with Crippen LogP contribution < -0.4 is 5.32 Å². The second-order valence-electron chi connectivity index (χ2n) is 6.93. The van der Waals surface area contributed by atoms with Crippen LogP contribution in [-0.2, 0) is 0 Å². The Morgan fingerprint density at radius 1 is 1.00 bits per heavy atom. The molecule has 0 aliphatic rings. The Morgan fingerprint density at radius 2 is 1.70 bits per heavy atom. The second kappa shape index (κ2) is 8.08. The number of nitrogens with zero attached hydrogens (tertiary/aromatic N) is 3. The Kier molecular flexibility index (Phi) is 5.33. The Morgan fingerprint density at radius 3 is 2.37 bits per heavy atom. The van der Waals surface area contributed by atoms with Gasteiger partial charge in [-0.3, -0.25) is 4.79 Å². The first-order valence-electron chi connectivity index (χ1n) is 9.28. The molecule has 5 nitrogen and oxygen atoms in total. The first kappa shape index (κ1) is 19.8. The van der Waals surface area contributed by atoms with Crippen molar-refractivity contribution in [3.63, 3.8) is 0 Å². The van der Waals surface area contributed by atoms with Gasteiger partial charge in [-0.1, -0.05) is 35.4 Å². The zero-order valence-electron chi connectivity index (χ0n) is 16.4. The summed E-state index contributed by atoms with van der Waals surface area (Å²) in [4.78, 5) is 17.2. The molecule has 0 fully saturated rings. The van der Waals surface area contributed by atoms with Gasteiger partial charge < -0.3 is 5.32 Å². The quantitative estimate of drug-likeness (QED) is 0.467. The van der Waals surface area contributed by atoms with Crippen LogP contribution in [0.25, 0.3) is 17.1 Å². The molecule has 1 heterocycles. The van der Waals surface area contributed by atoms with Crippen molar-refractivity contribution in [1.29, 1.82) is 0 Å². The van der Waals surface area contributed by atoms with Gasteiger partial charge in [0.05, 0.1) is 5.69 Å². The lowest BCUT2D eigenvalue weighted by Gasteiger charge is -2.07. The molecule has 0 aliphatic carbocycles. The van der Waals surface area contributed by atoms with Gasteiger partial charge in [0.1, 0.15) is 5.82 Å². The smallest absolute Gasteiger partial charge is 0.295 e. The highest BCUT2D eigenvalue weighted by Gasteiger charge is 2.19. The van der Waals surface area contributed by atoms with Gasteiger partial charge >= 0.3 is 0 Å². The number of amides is 1. The Hall–Kier alpha value is -3.51. The van der Waals surface area contributed by atoms with Crippen molar-refractivity contribution < 1.29 is 9.18 Å². The first-order chi connectivity index (χ1) is 14.4. The summed E-state index contributed by atoms with van der Waals surface area (Å²) in [7, 11) is 0. The van der Waals surface area contributed by atoms with Gasteiger partial charge in [0.25, 0.3) is 5.91 Å². The highest BCUT2D eigenvalue weighted by atomic mass is 35.5. The molecule has 1 amide bonds. The monoisotopic (exact) mass is 420 g/mol. The first-order valence-corrected chi connectivity index (χ1v) is 9.66. The molecule has 4 rings (SSSR count). The molecule has 0 spiro atoms. The van der Waals surface area contributed by atoms with Crippen LogP contribution in [0.1, 0.15) is 21.7 Å². The van der Waals surface area contributed by atoms with E-state index in [1.807, 2.05) is 50.2 Å². The number of rotatable bonds is 4. The molecule has 1 N–H and O–H groups in total. The average Bonchev–Trinajstić information content (AvgIpc) is 3.18. The minimum Gasteiger partial charge on any atom is -0.319 e. The van der Waals surface area contributed by atoms with E-state index in [4.69, 9.17) is 11.6 Å². The van der Waals surface area contributed by atoms with Gasteiger partial charge in [-0.25, -0.2) is 14.1 Å². The Bertz CT molecular complexity index is 1220. The third kappa shape index (κ3) is 4.09. The topological polar surface area (TPSA) is 59.8 Å². The molecule has 1 aromatic heterocycles. The van der Waals surface area contributed by atoms with Crippen molar-refractivity contribution in [2.24, 2.45) is 0 Å². The summed E-state index contributed by atoms with van der Waals surface area (Å²) in [5.74, 6) is -0.407. The maximum Gasteiger partial charge on any atom is 0.295 e. The number of hydrogen-bond acceptors (Lipinski definition) is 3. The molecule has 30 heavy (non-hydrogen) atoms. The molecule has 0 bridgehead atoms. The molecule has 7 heteroatoms. The Balaban J connectivity index is 1.76. The van der Waals surface area contributed by atoms with Crippen LogP contribution in [0.2, 0.25) is 5.02 Å². The summed E-state index contributed by atoms with van der Waals surface area (Å²) in [6, 6.07) is 18.7. The molecular weight excluding hydrogens is 403 g/mol. The summed E-state index contributed by atoms with van der Waals surface area (Å²) in [5.41, 5.74) is 3.91. The normalized spacial score (nSPS) is 10.8. The van der Waals surface area contributed by atoms with E-state index in [0.717, 1.165) is 11.1 Å². The number of aryl methyl sites for hydroxylation is 2. The minimum absolute atomic E-state index is 0.00778. The van der Waals surface area contributed by atoms with Gasteiger partial charge in [-0.15, -0.1) is 5.10 Å². The van der Waals surface area contributed by atoms with Crippen molar-refractivity contribution in [1.82, 2.24) is 14.8 Å². The van der Waals surface area contributed by atoms with Crippen molar-refractivity contribution in [3.05, 3.63) is 94.5 Å². The lowest BCUT2D eigenvalue weighted by atomic mass is 10.2. The van der Waals surface area contributed by atoms with Gasteiger partial charge in [0.2, 0.25) is 5.82 Å². The molecule has 150 valence electrons. The van der Waals surface area contributed by atoms with Crippen molar-refractivity contribution in [2.45, 2.75) is 13.8 Å². The molecule has 4 aromatic rings. The largest absolute Gasteiger partial charge is 0.319 e. The predicted molar refractivity (Wildman–Crippen MR) is 116 cm³/mol. The van der Waals surface area contributed by atoms with Gasteiger partial charge in [-0.2, -0.15) is 0 Å². The summed E-state index contributed by atoms with van der Waals surface area (Å²) in [6.45, 7) is 3.87. The SMILES string of the molecule is Cc1ccc(NC(=O)c2nc(-c3ccc(F)cc3)n(-c3ccc(C)c(Cl)c3)n2)cc1. The van der Waals surface area contributed by atoms with Gasteiger partial charge in [0.15, 0.2) is 5.82 Å². The van der Waals surface area contributed by atoms with Crippen molar-refractivity contribution >= 4 is 23.2 Å². The van der Waals surface area contributed by atoms with Crippen molar-refractivity contribution in [3.8, 4) is 17.1 Å². The summed E-state index contributed by atoms with van der Waals surface area (Å²) < 4.78 is 14.9. The fourth-order valence-corrected chi connectivity index (χ4v) is 3.09. The predicted octanol–water partition coefficient (Wildman–Crippen LogP) is 5.60. The standard InChI is InChI=1S/C23H18ClFN4O/c1-14-3-10-18(11-4-14)26-23(30)21-27-22(16-6-8-17(25)9-7-16)29(28-21)19-12-5-15(2)20(24)13-19/h3-13H,1-2H3,(H,26,30). The maximum absolute atomic E-state index is 13.4. The van der Waals surface area contributed by atoms with Gasteiger partial charge in [0, 0.05) is 16.3 Å². The molecule has 0 saturated carbocycles. The number of carbonyl (C=O) groups excluding carboxylic acids is 1. The van der Waals surface area contributed by atoms with Crippen LogP contribution >= 0.6 is 11.6 Å². The average molecular weight is 421 g/mol. The van der Waals surface area contributed by atoms with E-state index in [-0.39, 0.29) is 11.6 Å². The minimum atomic E-state index is -0.445. The zero-order valence-corrected chi connectivity index (χ0v) is 17.1. The number of anilines is 1. The van der Waals surface area contributed by atoms with Crippen LogP contribution in [0.3, 0.4) is 0 Å². The van der Waals surface area contributed by atoms with E-state index in [9.17, 15) is 9.18 Å². The lowest BCUT2D eigenvalue weighted by molar-refractivity contribution is 0.101. The number of carbonyl (C=O) groups is 1. The molecule has 0 radical (unpaired) electrons. The number of halogens is 2. The molecule has 0 aliphatic heterocycles. The Labute approximate surface area is 178 Å². The van der Waals surface area contributed by atoms with Crippen LogP contribution in [-0.4, -0.2) is 20.7 Å². The molecule has 3 aromatic carbocycles. The van der Waals surface area contributed by atoms with Crippen molar-refractivity contribution in [2.75, 3.05) is 5.32 Å². The zero-order chi connectivity index (χ0) is 21.3. The second-order valence-corrected chi connectivity index (χ2v) is 7.34. The number of hydrogen-bond donors (Lipinski definition) is 1. The molecule has 0 unspecified atom stereocenters. The van der Waals surface area contributed by atoms with E-state index in [2.05, 4.69) is 15.4 Å². The summed E-state index contributed by atoms with van der Waals surface area (Å²) >= 11 is 6.28. The lowest BCUT2D eigenvalue weighted by Crippen LogP contribution is -2.14. The highest BCUT2D eigenvalue weighted by Crippen LogP contribution is 2.25. The molecular formula is C23H18ClFN4O. The third-order valence-corrected chi connectivity index (χ3v) is 5.03.